The van der Waals surface area contributed by atoms with E-state index in [9.17, 15) is 4.39 Å². The van der Waals surface area contributed by atoms with Gasteiger partial charge in [0.25, 0.3) is 0 Å². The van der Waals surface area contributed by atoms with E-state index in [0.29, 0.717) is 12.6 Å². The summed E-state index contributed by atoms with van der Waals surface area (Å²) in [4.78, 5) is 2.46. The van der Waals surface area contributed by atoms with Crippen LogP contribution in [-0.4, -0.2) is 24.5 Å². The third-order valence-corrected chi connectivity index (χ3v) is 3.28. The minimum absolute atomic E-state index is 0.170. The molecule has 1 aromatic carbocycles. The summed E-state index contributed by atoms with van der Waals surface area (Å²) in [6.45, 7) is 2.96. The molecule has 0 radical (unpaired) electrons. The van der Waals surface area contributed by atoms with Gasteiger partial charge in [0.15, 0.2) is 0 Å². The van der Waals surface area contributed by atoms with Crippen LogP contribution >= 0.6 is 0 Å². The lowest BCUT2D eigenvalue weighted by molar-refractivity contribution is 0.236. The second kappa shape index (κ2) is 5.41. The zero-order chi connectivity index (χ0) is 11.4. The van der Waals surface area contributed by atoms with Crippen LogP contribution in [0.15, 0.2) is 24.3 Å². The van der Waals surface area contributed by atoms with Gasteiger partial charge in [-0.3, -0.25) is 4.90 Å². The Morgan fingerprint density at radius 3 is 2.38 bits per heavy atom. The maximum Gasteiger partial charge on any atom is 0.123 e. The van der Waals surface area contributed by atoms with Crippen molar-refractivity contribution in [1.29, 1.82) is 0 Å². The van der Waals surface area contributed by atoms with Crippen LogP contribution in [0.4, 0.5) is 4.39 Å². The highest BCUT2D eigenvalue weighted by atomic mass is 19.1. The number of hydrogen-bond donors (Lipinski definition) is 1. The van der Waals surface area contributed by atoms with Crippen LogP contribution in [0, 0.1) is 5.82 Å². The molecule has 88 valence electrons. The molecular weight excluding hydrogens is 203 g/mol. The Morgan fingerprint density at radius 1 is 1.19 bits per heavy atom. The van der Waals surface area contributed by atoms with Crippen LogP contribution in [0.5, 0.6) is 0 Å². The smallest absolute Gasteiger partial charge is 0.123 e. The van der Waals surface area contributed by atoms with Crippen molar-refractivity contribution < 1.29 is 4.39 Å². The van der Waals surface area contributed by atoms with Crippen LogP contribution in [-0.2, 0) is 0 Å². The second-order valence-corrected chi connectivity index (χ2v) is 4.39. The average Bonchev–Trinajstić information content (AvgIpc) is 2.81. The third kappa shape index (κ3) is 2.60. The molecule has 2 N–H and O–H groups in total. The third-order valence-electron chi connectivity index (χ3n) is 3.28. The van der Waals surface area contributed by atoms with Crippen molar-refractivity contribution in [1.82, 2.24) is 4.90 Å². The topological polar surface area (TPSA) is 29.3 Å². The minimum atomic E-state index is -0.170. The highest BCUT2D eigenvalue weighted by Crippen LogP contribution is 2.27. The van der Waals surface area contributed by atoms with E-state index < -0.39 is 0 Å². The predicted molar refractivity (Wildman–Crippen MR) is 63.6 cm³/mol. The van der Waals surface area contributed by atoms with E-state index in [2.05, 4.69) is 4.90 Å². The fourth-order valence-electron chi connectivity index (χ4n) is 2.46. The van der Waals surface area contributed by atoms with E-state index in [1.54, 1.807) is 0 Å². The van der Waals surface area contributed by atoms with Gasteiger partial charge in [-0.1, -0.05) is 12.1 Å². The summed E-state index contributed by atoms with van der Waals surface area (Å²) in [6, 6.07) is 7.21. The molecule has 1 saturated heterocycles. The molecule has 2 rings (SSSR count). The van der Waals surface area contributed by atoms with Gasteiger partial charge >= 0.3 is 0 Å². The summed E-state index contributed by atoms with van der Waals surface area (Å²) in [5.41, 5.74) is 6.85. The summed E-state index contributed by atoms with van der Waals surface area (Å²) in [7, 11) is 0. The molecule has 1 aliphatic rings. The first-order valence-electron chi connectivity index (χ1n) is 6.01. The monoisotopic (exact) mass is 222 g/mol. The molecule has 3 heteroatoms. The maximum atomic E-state index is 12.9. The molecule has 2 nitrogen and oxygen atoms in total. The number of rotatable bonds is 4. The van der Waals surface area contributed by atoms with Crippen molar-refractivity contribution in [2.45, 2.75) is 25.3 Å². The van der Waals surface area contributed by atoms with E-state index >= 15 is 0 Å². The van der Waals surface area contributed by atoms with Crippen LogP contribution in [0.3, 0.4) is 0 Å². The Morgan fingerprint density at radius 2 is 1.81 bits per heavy atom. The lowest BCUT2D eigenvalue weighted by Crippen LogP contribution is -2.27. The molecule has 16 heavy (non-hydrogen) atoms. The Labute approximate surface area is 96.2 Å². The Kier molecular flexibility index (Phi) is 3.91. The molecule has 0 saturated carbocycles. The fourth-order valence-corrected chi connectivity index (χ4v) is 2.46. The van der Waals surface area contributed by atoms with Crippen LogP contribution in [0.25, 0.3) is 0 Å². The predicted octanol–water partition coefficient (Wildman–Crippen LogP) is 2.31. The SMILES string of the molecule is NCCC(c1ccc(F)cc1)N1CCCC1. The van der Waals surface area contributed by atoms with Crippen molar-refractivity contribution in [2.75, 3.05) is 19.6 Å². The van der Waals surface area contributed by atoms with Gasteiger partial charge in [0.05, 0.1) is 0 Å². The largest absolute Gasteiger partial charge is 0.330 e. The summed E-state index contributed by atoms with van der Waals surface area (Å²) in [6.07, 6.45) is 3.48. The van der Waals surface area contributed by atoms with Crippen molar-refractivity contribution >= 4 is 0 Å². The van der Waals surface area contributed by atoms with Crippen molar-refractivity contribution in [3.05, 3.63) is 35.6 Å². The molecule has 0 spiro atoms. The summed E-state index contributed by atoms with van der Waals surface area (Å²) >= 11 is 0. The Bertz CT molecular complexity index is 317. The van der Waals surface area contributed by atoms with Gasteiger partial charge in [-0.2, -0.15) is 0 Å². The molecular formula is C13H19FN2. The molecule has 1 aliphatic heterocycles. The number of likely N-dealkylation sites (tertiary alicyclic amines) is 1. The van der Waals surface area contributed by atoms with E-state index in [-0.39, 0.29) is 5.82 Å². The van der Waals surface area contributed by atoms with Gasteiger partial charge in [-0.05, 0) is 56.6 Å². The second-order valence-electron chi connectivity index (χ2n) is 4.39. The summed E-state index contributed by atoms with van der Waals surface area (Å²) in [5, 5.41) is 0. The summed E-state index contributed by atoms with van der Waals surface area (Å²) < 4.78 is 12.9. The number of nitrogens with zero attached hydrogens (tertiary/aromatic N) is 1. The van der Waals surface area contributed by atoms with E-state index in [4.69, 9.17) is 5.73 Å². The van der Waals surface area contributed by atoms with Crippen molar-refractivity contribution in [2.24, 2.45) is 5.73 Å². The normalized spacial score (nSPS) is 18.9. The lowest BCUT2D eigenvalue weighted by Gasteiger charge is -2.27. The zero-order valence-corrected chi connectivity index (χ0v) is 9.53. The van der Waals surface area contributed by atoms with Crippen LogP contribution in [0.1, 0.15) is 30.9 Å². The molecule has 0 aliphatic carbocycles. The van der Waals surface area contributed by atoms with Gasteiger partial charge < -0.3 is 5.73 Å². The van der Waals surface area contributed by atoms with Crippen LogP contribution < -0.4 is 5.73 Å². The van der Waals surface area contributed by atoms with Gasteiger partial charge in [-0.25, -0.2) is 4.39 Å². The molecule has 0 bridgehead atoms. The Hall–Kier alpha value is -0.930. The van der Waals surface area contributed by atoms with E-state index in [1.165, 1.54) is 30.5 Å². The first-order valence-corrected chi connectivity index (χ1v) is 6.01. The van der Waals surface area contributed by atoms with E-state index in [0.717, 1.165) is 19.5 Å². The fraction of sp³-hybridized carbons (Fsp3) is 0.538. The van der Waals surface area contributed by atoms with Crippen molar-refractivity contribution in [3.8, 4) is 0 Å². The zero-order valence-electron chi connectivity index (χ0n) is 9.53. The highest BCUT2D eigenvalue weighted by molar-refractivity contribution is 5.20. The van der Waals surface area contributed by atoms with Crippen molar-refractivity contribution in [3.63, 3.8) is 0 Å². The molecule has 1 heterocycles. The molecule has 1 unspecified atom stereocenters. The van der Waals surface area contributed by atoms with Crippen LogP contribution in [0.2, 0.25) is 0 Å². The van der Waals surface area contributed by atoms with Gasteiger partial charge in [0.2, 0.25) is 0 Å². The number of hydrogen-bond acceptors (Lipinski definition) is 2. The lowest BCUT2D eigenvalue weighted by atomic mass is 10.0. The number of nitrogens with two attached hydrogens (primary N) is 1. The molecule has 0 aromatic heterocycles. The Balaban J connectivity index is 2.14. The van der Waals surface area contributed by atoms with Gasteiger partial charge in [-0.15, -0.1) is 0 Å². The first kappa shape index (κ1) is 11.6. The quantitative estimate of drug-likeness (QED) is 0.847. The minimum Gasteiger partial charge on any atom is -0.330 e. The maximum absolute atomic E-state index is 12.9. The van der Waals surface area contributed by atoms with Gasteiger partial charge in [0, 0.05) is 6.04 Å². The number of benzene rings is 1. The number of halogens is 1. The molecule has 1 aromatic rings. The average molecular weight is 222 g/mol. The highest BCUT2D eigenvalue weighted by Gasteiger charge is 2.22. The molecule has 0 amide bonds. The van der Waals surface area contributed by atoms with E-state index in [1.807, 2.05) is 12.1 Å². The molecule has 1 fully saturated rings. The molecule has 1 atom stereocenters. The van der Waals surface area contributed by atoms with Gasteiger partial charge in [0.1, 0.15) is 5.82 Å². The standard InChI is InChI=1S/C13H19FN2/c14-12-5-3-11(4-6-12)13(7-8-15)16-9-1-2-10-16/h3-6,13H,1-2,7-10,15H2. The first-order chi connectivity index (χ1) is 7.81. The summed E-state index contributed by atoms with van der Waals surface area (Å²) in [5.74, 6) is -0.170.